The lowest BCUT2D eigenvalue weighted by Gasteiger charge is -2.29. The Balaban J connectivity index is 1.35. The molecule has 7 nitrogen and oxygen atoms in total. The van der Waals surface area contributed by atoms with Crippen molar-refractivity contribution in [3.8, 4) is 17.6 Å². The summed E-state index contributed by atoms with van der Waals surface area (Å²) in [5.74, 6) is 1.31. The van der Waals surface area contributed by atoms with Gasteiger partial charge in [-0.25, -0.2) is 0 Å². The third-order valence-corrected chi connectivity index (χ3v) is 6.44. The predicted octanol–water partition coefficient (Wildman–Crippen LogP) is 5.24. The Morgan fingerprint density at radius 1 is 1.11 bits per heavy atom. The fourth-order valence-electron chi connectivity index (χ4n) is 4.05. The minimum atomic E-state index is -0.688. The molecule has 0 aliphatic heterocycles. The second-order valence-electron chi connectivity index (χ2n) is 8.73. The smallest absolute Gasteiger partial charge is 0.251 e. The first-order chi connectivity index (χ1) is 17.0. The summed E-state index contributed by atoms with van der Waals surface area (Å²) in [6.45, 7) is 0.592. The summed E-state index contributed by atoms with van der Waals surface area (Å²) < 4.78 is 16.6. The summed E-state index contributed by atoms with van der Waals surface area (Å²) in [6.07, 6.45) is 6.07. The molecule has 2 N–H and O–H groups in total. The Labute approximate surface area is 211 Å². The summed E-state index contributed by atoms with van der Waals surface area (Å²) in [4.78, 5) is 12.7. The number of unbranched alkanes of at least 4 members (excludes halogenated alkanes) is 2. The van der Waals surface area contributed by atoms with E-state index in [1.165, 1.54) is 7.11 Å². The second-order valence-corrected chi connectivity index (χ2v) is 9.14. The minimum absolute atomic E-state index is 0.0635. The van der Waals surface area contributed by atoms with Crippen molar-refractivity contribution in [2.24, 2.45) is 0 Å². The molecule has 0 spiro atoms. The van der Waals surface area contributed by atoms with Gasteiger partial charge in [0.15, 0.2) is 6.29 Å². The molecule has 0 heterocycles. The number of nitrogens with one attached hydrogen (secondary N) is 1. The van der Waals surface area contributed by atoms with Crippen LogP contribution in [0.3, 0.4) is 0 Å². The van der Waals surface area contributed by atoms with Gasteiger partial charge in [0, 0.05) is 24.8 Å². The molecular formula is C27H33ClN2O5. The first kappa shape index (κ1) is 26.8. The Hall–Kier alpha value is -2.79. The van der Waals surface area contributed by atoms with E-state index < -0.39 is 6.29 Å². The van der Waals surface area contributed by atoms with E-state index in [-0.39, 0.29) is 18.1 Å². The average Bonchev–Trinajstić information content (AvgIpc) is 2.87. The molecule has 0 aromatic heterocycles. The molecule has 1 saturated carbocycles. The van der Waals surface area contributed by atoms with Crippen LogP contribution < -0.4 is 14.8 Å². The van der Waals surface area contributed by atoms with Crippen molar-refractivity contribution >= 4 is 17.5 Å². The molecule has 188 valence electrons. The zero-order valence-corrected chi connectivity index (χ0v) is 20.8. The summed E-state index contributed by atoms with van der Waals surface area (Å²) in [6, 6.07) is 14.4. The number of carbonyl (C=O) groups excluding carboxylic acids is 1. The molecule has 1 atom stereocenters. The Kier molecular flexibility index (Phi) is 10.7. The maximum Gasteiger partial charge on any atom is 0.251 e. The van der Waals surface area contributed by atoms with Crippen LogP contribution in [-0.2, 0) is 4.74 Å². The van der Waals surface area contributed by atoms with E-state index in [0.29, 0.717) is 34.9 Å². The Bertz CT molecular complexity index is 984. The molecule has 0 bridgehead atoms. The van der Waals surface area contributed by atoms with Crippen LogP contribution in [-0.4, -0.2) is 43.2 Å². The molecule has 1 aliphatic carbocycles. The van der Waals surface area contributed by atoms with Gasteiger partial charge >= 0.3 is 0 Å². The number of ether oxygens (including phenoxy) is 3. The zero-order valence-electron chi connectivity index (χ0n) is 20.0. The summed E-state index contributed by atoms with van der Waals surface area (Å²) in [7, 11) is 1.50. The van der Waals surface area contributed by atoms with Gasteiger partial charge in [-0.1, -0.05) is 11.6 Å². The number of nitrogens with zero attached hydrogens (tertiary/aromatic N) is 1. The summed E-state index contributed by atoms with van der Waals surface area (Å²) >= 11 is 6.08. The molecule has 0 radical (unpaired) electrons. The van der Waals surface area contributed by atoms with E-state index >= 15 is 0 Å². The highest BCUT2D eigenvalue weighted by Gasteiger charge is 2.24. The summed E-state index contributed by atoms with van der Waals surface area (Å²) in [5, 5.41) is 21.8. The lowest BCUT2D eigenvalue weighted by Crippen LogP contribution is -2.39. The summed E-state index contributed by atoms with van der Waals surface area (Å²) in [5.41, 5.74) is 1.04. The van der Waals surface area contributed by atoms with Gasteiger partial charge in [-0.05, 0) is 87.8 Å². The standard InChI is InChI=1S/C27H33ClN2O5/c1-33-26(31)5-3-2-4-16-34-22-11-6-19(7-12-22)27(32)30-21-9-14-23(15-10-21)35-24-13-8-20(18-29)25(28)17-24/h6-8,11-13,17,21,23,26,31H,2-5,9-10,14-16H2,1H3,(H,30,32). The quantitative estimate of drug-likeness (QED) is 0.305. The minimum Gasteiger partial charge on any atom is -0.494 e. The van der Waals surface area contributed by atoms with Gasteiger partial charge in [0.25, 0.3) is 5.91 Å². The molecule has 1 unspecified atom stereocenters. The molecule has 3 rings (SSSR count). The molecule has 2 aromatic carbocycles. The van der Waals surface area contributed by atoms with Crippen LogP contribution in [0.1, 0.15) is 67.3 Å². The van der Waals surface area contributed by atoms with Crippen LogP contribution in [0, 0.1) is 11.3 Å². The highest BCUT2D eigenvalue weighted by Crippen LogP contribution is 2.27. The fourth-order valence-corrected chi connectivity index (χ4v) is 4.27. The number of amides is 1. The maximum absolute atomic E-state index is 12.7. The van der Waals surface area contributed by atoms with E-state index in [1.54, 1.807) is 30.3 Å². The number of aliphatic hydroxyl groups excluding tert-OH is 1. The molecular weight excluding hydrogens is 468 g/mol. The van der Waals surface area contributed by atoms with Gasteiger partial charge in [0.1, 0.15) is 17.6 Å². The van der Waals surface area contributed by atoms with Crippen molar-refractivity contribution in [2.45, 2.75) is 69.8 Å². The average molecular weight is 501 g/mol. The van der Waals surface area contributed by atoms with Crippen LogP contribution in [0.5, 0.6) is 11.5 Å². The monoisotopic (exact) mass is 500 g/mol. The number of aliphatic hydroxyl groups is 1. The van der Waals surface area contributed by atoms with Crippen molar-refractivity contribution in [1.29, 1.82) is 5.26 Å². The van der Waals surface area contributed by atoms with Gasteiger partial charge in [0.2, 0.25) is 0 Å². The van der Waals surface area contributed by atoms with E-state index in [9.17, 15) is 9.90 Å². The number of halogens is 1. The number of hydrogen-bond donors (Lipinski definition) is 2. The number of hydrogen-bond acceptors (Lipinski definition) is 6. The van der Waals surface area contributed by atoms with E-state index in [1.807, 2.05) is 18.2 Å². The predicted molar refractivity (Wildman–Crippen MR) is 134 cm³/mol. The van der Waals surface area contributed by atoms with Crippen molar-refractivity contribution in [3.05, 3.63) is 58.6 Å². The number of rotatable bonds is 12. The third-order valence-electron chi connectivity index (χ3n) is 6.13. The van der Waals surface area contributed by atoms with Crippen LogP contribution >= 0.6 is 11.6 Å². The lowest BCUT2D eigenvalue weighted by molar-refractivity contribution is -0.0793. The van der Waals surface area contributed by atoms with E-state index in [2.05, 4.69) is 5.32 Å². The van der Waals surface area contributed by atoms with Gasteiger partial charge < -0.3 is 24.6 Å². The van der Waals surface area contributed by atoms with Crippen molar-refractivity contribution in [1.82, 2.24) is 5.32 Å². The van der Waals surface area contributed by atoms with Crippen LogP contribution in [0.2, 0.25) is 5.02 Å². The van der Waals surface area contributed by atoms with Crippen LogP contribution in [0.25, 0.3) is 0 Å². The Morgan fingerprint density at radius 2 is 1.83 bits per heavy atom. The molecule has 1 amide bonds. The SMILES string of the molecule is COC(O)CCCCCOc1ccc(C(=O)NC2CCC(Oc3ccc(C#N)c(Cl)c3)CC2)cc1. The topological polar surface area (TPSA) is 101 Å². The van der Waals surface area contributed by atoms with Crippen LogP contribution in [0.15, 0.2) is 42.5 Å². The number of carbonyl (C=O) groups is 1. The first-order valence-corrected chi connectivity index (χ1v) is 12.5. The van der Waals surface area contributed by atoms with Crippen molar-refractivity contribution in [3.63, 3.8) is 0 Å². The van der Waals surface area contributed by atoms with Crippen LogP contribution in [0.4, 0.5) is 0 Å². The lowest BCUT2D eigenvalue weighted by atomic mass is 9.92. The zero-order chi connectivity index (χ0) is 25.0. The molecule has 2 aromatic rings. The number of nitriles is 1. The normalized spacial score (nSPS) is 18.3. The maximum atomic E-state index is 12.7. The van der Waals surface area contributed by atoms with Gasteiger partial charge in [-0.3, -0.25) is 4.79 Å². The molecule has 35 heavy (non-hydrogen) atoms. The van der Waals surface area contributed by atoms with Gasteiger partial charge in [0.05, 0.1) is 23.3 Å². The second kappa shape index (κ2) is 13.9. The van der Waals surface area contributed by atoms with Gasteiger partial charge in [-0.15, -0.1) is 0 Å². The van der Waals surface area contributed by atoms with Gasteiger partial charge in [-0.2, -0.15) is 5.26 Å². The highest BCUT2D eigenvalue weighted by atomic mass is 35.5. The number of methoxy groups -OCH3 is 1. The van der Waals surface area contributed by atoms with E-state index in [0.717, 1.165) is 50.7 Å². The molecule has 1 aliphatic rings. The third kappa shape index (κ3) is 8.74. The first-order valence-electron chi connectivity index (χ1n) is 12.1. The van der Waals surface area contributed by atoms with Crippen molar-refractivity contribution < 1.29 is 24.1 Å². The van der Waals surface area contributed by atoms with Crippen molar-refractivity contribution in [2.75, 3.05) is 13.7 Å². The number of benzene rings is 2. The Morgan fingerprint density at radius 3 is 2.49 bits per heavy atom. The largest absolute Gasteiger partial charge is 0.494 e. The molecule has 8 heteroatoms. The molecule has 1 fully saturated rings. The fraction of sp³-hybridized carbons (Fsp3) is 0.481. The molecule has 0 saturated heterocycles. The highest BCUT2D eigenvalue weighted by molar-refractivity contribution is 6.31. The van der Waals surface area contributed by atoms with E-state index in [4.69, 9.17) is 31.1 Å².